The van der Waals surface area contributed by atoms with Crippen LogP contribution in [0, 0.1) is 5.92 Å². The zero-order valence-electron chi connectivity index (χ0n) is 8.82. The first-order chi connectivity index (χ1) is 5.84. The van der Waals surface area contributed by atoms with Crippen molar-refractivity contribution in [3.8, 4) is 0 Å². The molecule has 0 radical (unpaired) electrons. The Labute approximate surface area is 77.2 Å². The molecule has 1 aliphatic carbocycles. The lowest BCUT2D eigenvalue weighted by atomic mass is 9.87. The molecule has 0 saturated heterocycles. The first-order valence-corrected chi connectivity index (χ1v) is 5.21. The van der Waals surface area contributed by atoms with Crippen LogP contribution in [0.15, 0.2) is 12.3 Å². The van der Waals surface area contributed by atoms with Crippen LogP contribution in [-0.4, -0.2) is 7.05 Å². The summed E-state index contributed by atoms with van der Waals surface area (Å²) in [5, 5.41) is 3.14. The van der Waals surface area contributed by atoms with Crippen LogP contribution in [0.25, 0.3) is 0 Å². The Hall–Kier alpha value is -0.460. The Balaban J connectivity index is 0.000000561. The van der Waals surface area contributed by atoms with E-state index in [4.69, 9.17) is 0 Å². The maximum absolute atomic E-state index is 3.99. The Morgan fingerprint density at radius 3 is 2.08 bits per heavy atom. The van der Waals surface area contributed by atoms with Gasteiger partial charge in [0.2, 0.25) is 0 Å². The van der Waals surface area contributed by atoms with E-state index in [0.29, 0.717) is 0 Å². The van der Waals surface area contributed by atoms with Gasteiger partial charge in [-0.05, 0) is 18.8 Å². The van der Waals surface area contributed by atoms with Crippen LogP contribution in [0.5, 0.6) is 0 Å². The van der Waals surface area contributed by atoms with E-state index >= 15 is 0 Å². The van der Waals surface area contributed by atoms with Crippen molar-refractivity contribution in [2.75, 3.05) is 7.05 Å². The minimum absolute atomic E-state index is 0.763. The number of nitrogens with one attached hydrogen (secondary N) is 1. The minimum atomic E-state index is 0.763. The highest BCUT2D eigenvalue weighted by Gasteiger charge is 2.14. The van der Waals surface area contributed by atoms with Crippen LogP contribution in [-0.2, 0) is 0 Å². The summed E-state index contributed by atoms with van der Waals surface area (Å²) >= 11 is 0. The fourth-order valence-corrected chi connectivity index (χ4v) is 1.66. The van der Waals surface area contributed by atoms with E-state index in [1.165, 1.54) is 37.8 Å². The second-order valence-corrected chi connectivity index (χ2v) is 3.11. The molecule has 0 aromatic heterocycles. The molecular weight excluding hydrogens is 146 g/mol. The van der Waals surface area contributed by atoms with Gasteiger partial charge >= 0.3 is 0 Å². The van der Waals surface area contributed by atoms with Crippen LogP contribution in [0.2, 0.25) is 0 Å². The molecule has 0 atom stereocenters. The van der Waals surface area contributed by atoms with Crippen molar-refractivity contribution in [1.82, 2.24) is 5.32 Å². The molecule has 0 aromatic carbocycles. The molecule has 0 bridgehead atoms. The SMILES string of the molecule is C=C(NC)C1CCCCC1.CC. The quantitative estimate of drug-likeness (QED) is 0.668. The van der Waals surface area contributed by atoms with E-state index in [9.17, 15) is 0 Å². The van der Waals surface area contributed by atoms with Crippen LogP contribution in [0.3, 0.4) is 0 Å². The van der Waals surface area contributed by atoms with Gasteiger partial charge < -0.3 is 5.32 Å². The Bertz CT molecular complexity index is 112. The normalized spacial score (nSPS) is 17.6. The zero-order valence-corrected chi connectivity index (χ0v) is 8.82. The summed E-state index contributed by atoms with van der Waals surface area (Å²) in [4.78, 5) is 0. The van der Waals surface area contributed by atoms with Gasteiger partial charge in [0.1, 0.15) is 0 Å². The molecule has 72 valence electrons. The Morgan fingerprint density at radius 1 is 1.17 bits per heavy atom. The fourth-order valence-electron chi connectivity index (χ4n) is 1.66. The molecule has 1 heteroatoms. The van der Waals surface area contributed by atoms with Crippen LogP contribution in [0.4, 0.5) is 0 Å². The summed E-state index contributed by atoms with van der Waals surface area (Å²) in [6.45, 7) is 7.99. The van der Waals surface area contributed by atoms with Gasteiger partial charge in [-0.3, -0.25) is 0 Å². The van der Waals surface area contributed by atoms with Gasteiger partial charge in [0.05, 0.1) is 0 Å². The van der Waals surface area contributed by atoms with Gasteiger partial charge in [-0.1, -0.05) is 39.7 Å². The molecule has 1 N–H and O–H groups in total. The van der Waals surface area contributed by atoms with Gasteiger partial charge in [-0.15, -0.1) is 0 Å². The van der Waals surface area contributed by atoms with Gasteiger partial charge in [0.25, 0.3) is 0 Å². The summed E-state index contributed by atoms with van der Waals surface area (Å²) < 4.78 is 0. The molecule has 0 aromatic rings. The van der Waals surface area contributed by atoms with E-state index in [1.807, 2.05) is 20.9 Å². The molecule has 1 rings (SSSR count). The smallest absolute Gasteiger partial charge is 0.00625 e. The molecule has 1 fully saturated rings. The average molecular weight is 169 g/mol. The molecular formula is C11H23N. The van der Waals surface area contributed by atoms with Crippen molar-refractivity contribution in [3.63, 3.8) is 0 Å². The minimum Gasteiger partial charge on any atom is -0.392 e. The molecule has 1 nitrogen and oxygen atoms in total. The van der Waals surface area contributed by atoms with Crippen LogP contribution in [0.1, 0.15) is 46.0 Å². The van der Waals surface area contributed by atoms with Gasteiger partial charge in [-0.2, -0.15) is 0 Å². The molecule has 0 heterocycles. The van der Waals surface area contributed by atoms with Crippen molar-refractivity contribution < 1.29 is 0 Å². The van der Waals surface area contributed by atoms with E-state index < -0.39 is 0 Å². The van der Waals surface area contributed by atoms with Crippen molar-refractivity contribution in [3.05, 3.63) is 12.3 Å². The van der Waals surface area contributed by atoms with Crippen molar-refractivity contribution >= 4 is 0 Å². The number of allylic oxidation sites excluding steroid dienone is 1. The van der Waals surface area contributed by atoms with Gasteiger partial charge in [0.15, 0.2) is 0 Å². The van der Waals surface area contributed by atoms with E-state index in [2.05, 4.69) is 11.9 Å². The third kappa shape index (κ3) is 3.80. The maximum atomic E-state index is 3.99. The lowest BCUT2D eigenvalue weighted by Crippen LogP contribution is -2.17. The monoisotopic (exact) mass is 169 g/mol. The zero-order chi connectivity index (χ0) is 9.40. The second-order valence-electron chi connectivity index (χ2n) is 3.11. The largest absolute Gasteiger partial charge is 0.392 e. The molecule has 1 aliphatic rings. The van der Waals surface area contributed by atoms with Crippen LogP contribution >= 0.6 is 0 Å². The van der Waals surface area contributed by atoms with E-state index in [0.717, 1.165) is 5.92 Å². The number of rotatable bonds is 2. The summed E-state index contributed by atoms with van der Waals surface area (Å²) in [5.41, 5.74) is 1.24. The summed E-state index contributed by atoms with van der Waals surface area (Å²) in [5.74, 6) is 0.763. The Kier molecular flexibility index (Phi) is 6.93. The third-order valence-electron chi connectivity index (χ3n) is 2.42. The van der Waals surface area contributed by atoms with Gasteiger partial charge in [0, 0.05) is 12.7 Å². The summed E-state index contributed by atoms with van der Waals surface area (Å²) in [7, 11) is 1.97. The van der Waals surface area contributed by atoms with Gasteiger partial charge in [-0.25, -0.2) is 0 Å². The standard InChI is InChI=1S/C9H17N.C2H6/c1-8(10-2)9-6-4-3-5-7-9;1-2/h9-10H,1,3-7H2,2H3;1-2H3. The number of hydrogen-bond donors (Lipinski definition) is 1. The maximum Gasteiger partial charge on any atom is 0.00625 e. The molecule has 0 spiro atoms. The van der Waals surface area contributed by atoms with Crippen LogP contribution < -0.4 is 5.32 Å². The lowest BCUT2D eigenvalue weighted by molar-refractivity contribution is 0.391. The molecule has 12 heavy (non-hydrogen) atoms. The Morgan fingerprint density at radius 2 is 1.67 bits per heavy atom. The molecule has 0 aliphatic heterocycles. The molecule has 1 saturated carbocycles. The summed E-state index contributed by atoms with van der Waals surface area (Å²) in [6.07, 6.45) is 6.91. The van der Waals surface area contributed by atoms with Crippen molar-refractivity contribution in [2.24, 2.45) is 5.92 Å². The predicted molar refractivity (Wildman–Crippen MR) is 56.1 cm³/mol. The highest BCUT2D eigenvalue weighted by molar-refractivity contribution is 4.97. The topological polar surface area (TPSA) is 12.0 Å². The number of hydrogen-bond acceptors (Lipinski definition) is 1. The summed E-state index contributed by atoms with van der Waals surface area (Å²) in [6, 6.07) is 0. The van der Waals surface area contributed by atoms with Crippen molar-refractivity contribution in [2.45, 2.75) is 46.0 Å². The predicted octanol–water partition coefficient (Wildman–Crippen LogP) is 3.33. The second kappa shape index (κ2) is 7.20. The van der Waals surface area contributed by atoms with E-state index in [-0.39, 0.29) is 0 Å². The highest BCUT2D eigenvalue weighted by atomic mass is 14.8. The first kappa shape index (κ1) is 11.5. The lowest BCUT2D eigenvalue weighted by Gasteiger charge is -2.23. The van der Waals surface area contributed by atoms with Crippen molar-refractivity contribution in [1.29, 1.82) is 0 Å². The molecule has 0 unspecified atom stereocenters. The third-order valence-corrected chi connectivity index (χ3v) is 2.42. The van der Waals surface area contributed by atoms with E-state index in [1.54, 1.807) is 0 Å². The molecule has 0 amide bonds. The highest BCUT2D eigenvalue weighted by Crippen LogP contribution is 2.27. The first-order valence-electron chi connectivity index (χ1n) is 5.21. The fraction of sp³-hybridized carbons (Fsp3) is 0.818. The average Bonchev–Trinajstić information content (AvgIpc) is 2.21.